The number of benzene rings is 2. The lowest BCUT2D eigenvalue weighted by atomic mass is 9.48. The average Bonchev–Trinajstić information content (AvgIpc) is 3.15. The van der Waals surface area contributed by atoms with Crippen LogP contribution in [-0.2, 0) is 11.8 Å². The third-order valence-corrected chi connectivity index (χ3v) is 8.34. The Hall–Kier alpha value is -2.90. The molecule has 1 saturated heterocycles. The van der Waals surface area contributed by atoms with Gasteiger partial charge in [-0.1, -0.05) is 18.2 Å². The van der Waals surface area contributed by atoms with Crippen molar-refractivity contribution < 1.29 is 24.1 Å². The highest BCUT2D eigenvalue weighted by Crippen LogP contribution is 2.65. The highest BCUT2D eigenvalue weighted by molar-refractivity contribution is 5.94. The van der Waals surface area contributed by atoms with Gasteiger partial charge in [0.25, 0.3) is 5.91 Å². The first-order valence-corrected chi connectivity index (χ1v) is 11.5. The number of phenolic OH excluding ortho intramolecular Hbond substituents is 1. The summed E-state index contributed by atoms with van der Waals surface area (Å²) >= 11 is 0. The van der Waals surface area contributed by atoms with Crippen LogP contribution in [0.5, 0.6) is 11.5 Å². The predicted molar refractivity (Wildman–Crippen MR) is 120 cm³/mol. The summed E-state index contributed by atoms with van der Waals surface area (Å²) in [6.07, 6.45) is 3.68. The minimum absolute atomic E-state index is 0.0575. The predicted octanol–water partition coefficient (Wildman–Crippen LogP) is 2.67. The van der Waals surface area contributed by atoms with E-state index in [4.69, 9.17) is 4.74 Å². The van der Waals surface area contributed by atoms with Crippen LogP contribution < -0.4 is 10.1 Å². The number of carbonyl (C=O) groups is 1. The monoisotopic (exact) mass is 450 g/mol. The molecule has 2 bridgehead atoms. The largest absolute Gasteiger partial charge is 0.504 e. The molecule has 2 aromatic rings. The Morgan fingerprint density at radius 3 is 2.97 bits per heavy atom. The van der Waals surface area contributed by atoms with E-state index >= 15 is 0 Å². The summed E-state index contributed by atoms with van der Waals surface area (Å²) in [7, 11) is 0. The molecule has 3 N–H and O–H groups in total. The van der Waals surface area contributed by atoms with Crippen LogP contribution in [0, 0.1) is 5.82 Å². The molecule has 2 aromatic carbocycles. The van der Waals surface area contributed by atoms with E-state index in [9.17, 15) is 19.4 Å². The molecule has 7 heteroatoms. The van der Waals surface area contributed by atoms with E-state index in [1.165, 1.54) is 18.2 Å². The van der Waals surface area contributed by atoms with Gasteiger partial charge < -0.3 is 20.3 Å². The molecule has 172 valence electrons. The normalized spacial score (nSPS) is 33.7. The van der Waals surface area contributed by atoms with Crippen LogP contribution in [0.3, 0.4) is 0 Å². The zero-order chi connectivity index (χ0) is 23.0. The van der Waals surface area contributed by atoms with Gasteiger partial charge in [-0.25, -0.2) is 4.39 Å². The van der Waals surface area contributed by atoms with Gasteiger partial charge in [0.05, 0.1) is 17.1 Å². The van der Waals surface area contributed by atoms with Crippen molar-refractivity contribution >= 4 is 5.91 Å². The molecule has 0 aromatic heterocycles. The molecular formula is C26H27FN2O4. The zero-order valence-corrected chi connectivity index (χ0v) is 18.3. The van der Waals surface area contributed by atoms with Gasteiger partial charge in [0.15, 0.2) is 11.5 Å². The second-order valence-electron chi connectivity index (χ2n) is 9.76. The molecule has 1 spiro atoms. The first-order valence-electron chi connectivity index (χ1n) is 11.5. The van der Waals surface area contributed by atoms with Crippen molar-refractivity contribution in [2.75, 3.05) is 13.1 Å². The van der Waals surface area contributed by atoms with Crippen LogP contribution in [-0.4, -0.2) is 57.9 Å². The Balaban J connectivity index is 1.43. The minimum atomic E-state index is -1.05. The maximum Gasteiger partial charge on any atom is 0.251 e. The Bertz CT molecular complexity index is 1170. The quantitative estimate of drug-likeness (QED) is 0.624. The van der Waals surface area contributed by atoms with Crippen molar-refractivity contribution in [2.45, 2.75) is 54.9 Å². The van der Waals surface area contributed by atoms with E-state index in [0.29, 0.717) is 38.0 Å². The fraction of sp³-hybridized carbons (Fsp3) is 0.423. The molecule has 0 radical (unpaired) electrons. The average molecular weight is 451 g/mol. The van der Waals surface area contributed by atoms with Crippen LogP contribution in [0.15, 0.2) is 49.1 Å². The number of aromatic hydroxyl groups is 1. The number of nitrogens with zero attached hydrogens (tertiary/aromatic N) is 1. The number of carbonyl (C=O) groups excluding carboxylic acids is 1. The number of rotatable bonds is 4. The summed E-state index contributed by atoms with van der Waals surface area (Å²) in [5.74, 6) is -0.356. The molecule has 1 saturated carbocycles. The maximum atomic E-state index is 13.7. The number of phenols is 1. The second kappa shape index (κ2) is 7.05. The summed E-state index contributed by atoms with van der Waals surface area (Å²) in [5, 5.41) is 26.0. The van der Waals surface area contributed by atoms with Crippen LogP contribution in [0.1, 0.15) is 40.7 Å². The zero-order valence-electron chi connectivity index (χ0n) is 18.3. The van der Waals surface area contributed by atoms with Gasteiger partial charge in [0, 0.05) is 23.7 Å². The van der Waals surface area contributed by atoms with Gasteiger partial charge in [-0.05, 0) is 62.1 Å². The van der Waals surface area contributed by atoms with Gasteiger partial charge in [-0.3, -0.25) is 9.69 Å². The summed E-state index contributed by atoms with van der Waals surface area (Å²) in [5.41, 5.74) is 0.440. The van der Waals surface area contributed by atoms with Crippen LogP contribution in [0.4, 0.5) is 4.39 Å². The van der Waals surface area contributed by atoms with Gasteiger partial charge in [0.1, 0.15) is 11.9 Å². The van der Waals surface area contributed by atoms with Crippen molar-refractivity contribution in [3.05, 3.63) is 71.6 Å². The molecule has 2 fully saturated rings. The summed E-state index contributed by atoms with van der Waals surface area (Å²) in [4.78, 5) is 15.3. The van der Waals surface area contributed by atoms with Crippen molar-refractivity contribution in [1.82, 2.24) is 10.2 Å². The molecule has 2 aliphatic heterocycles. The number of likely N-dealkylation sites (tertiary alicyclic amines) is 1. The van der Waals surface area contributed by atoms with Crippen molar-refractivity contribution in [3.8, 4) is 11.5 Å². The lowest BCUT2D eigenvalue weighted by Crippen LogP contribution is -2.78. The number of hydrogen-bond donors (Lipinski definition) is 3. The van der Waals surface area contributed by atoms with E-state index in [-0.39, 0.29) is 29.3 Å². The van der Waals surface area contributed by atoms with Gasteiger partial charge in [-0.2, -0.15) is 0 Å². The SMILES string of the molecule is C=CCN1CC[C@]23c4c5ccc(O)c4O[C@H]2[C@H](NC(=O)c2cccc(F)c2)CC[C@@]3(O)[C@H]1C5. The maximum absolute atomic E-state index is 13.7. The molecule has 2 heterocycles. The van der Waals surface area contributed by atoms with E-state index < -0.39 is 22.9 Å². The Morgan fingerprint density at radius 2 is 2.18 bits per heavy atom. The number of ether oxygens (including phenoxy) is 1. The van der Waals surface area contributed by atoms with Gasteiger partial charge in [-0.15, -0.1) is 6.58 Å². The molecule has 0 unspecified atom stereocenters. The lowest BCUT2D eigenvalue weighted by molar-refractivity contribution is -0.188. The highest BCUT2D eigenvalue weighted by Gasteiger charge is 2.72. The summed E-state index contributed by atoms with van der Waals surface area (Å²) < 4.78 is 20.1. The van der Waals surface area contributed by atoms with Crippen LogP contribution in [0.25, 0.3) is 0 Å². The van der Waals surface area contributed by atoms with E-state index in [1.807, 2.05) is 12.1 Å². The smallest absolute Gasteiger partial charge is 0.251 e. The van der Waals surface area contributed by atoms with Gasteiger partial charge >= 0.3 is 0 Å². The number of amides is 1. The lowest BCUT2D eigenvalue weighted by Gasteiger charge is -2.64. The Labute approximate surface area is 191 Å². The van der Waals surface area contributed by atoms with E-state index in [2.05, 4.69) is 16.8 Å². The summed E-state index contributed by atoms with van der Waals surface area (Å²) in [6.45, 7) is 5.34. The molecule has 6 nitrogen and oxygen atoms in total. The van der Waals surface area contributed by atoms with Crippen molar-refractivity contribution in [2.24, 2.45) is 0 Å². The highest BCUT2D eigenvalue weighted by atomic mass is 19.1. The number of piperidine rings is 1. The van der Waals surface area contributed by atoms with Crippen molar-refractivity contribution in [1.29, 1.82) is 0 Å². The molecule has 5 atom stereocenters. The second-order valence-corrected chi connectivity index (χ2v) is 9.76. The third-order valence-electron chi connectivity index (χ3n) is 8.34. The molecule has 6 rings (SSSR count). The fourth-order valence-corrected chi connectivity index (χ4v) is 7.04. The molecule has 33 heavy (non-hydrogen) atoms. The number of nitrogens with one attached hydrogen (secondary N) is 1. The molecular weight excluding hydrogens is 423 g/mol. The number of halogens is 1. The van der Waals surface area contributed by atoms with E-state index in [1.54, 1.807) is 12.1 Å². The minimum Gasteiger partial charge on any atom is -0.504 e. The first kappa shape index (κ1) is 20.7. The van der Waals surface area contributed by atoms with Crippen LogP contribution >= 0.6 is 0 Å². The molecule has 4 aliphatic rings. The Morgan fingerprint density at radius 1 is 1.33 bits per heavy atom. The standard InChI is InChI=1S/C26H27FN2O4/c1-2-11-29-12-10-25-21-15-6-7-19(30)22(21)33-23(25)18(8-9-26(25,32)20(29)14-15)28-24(31)16-4-3-5-17(27)13-16/h2-7,13,18,20,23,30,32H,1,8-12,14H2,(H,28,31)/t18-,20-,23+,25+,26-/m1/s1. The number of hydrogen-bond acceptors (Lipinski definition) is 5. The fourth-order valence-electron chi connectivity index (χ4n) is 7.04. The number of aliphatic hydroxyl groups is 1. The molecule has 1 amide bonds. The summed E-state index contributed by atoms with van der Waals surface area (Å²) in [6, 6.07) is 8.71. The van der Waals surface area contributed by atoms with Crippen molar-refractivity contribution in [3.63, 3.8) is 0 Å². The topological polar surface area (TPSA) is 82.0 Å². The van der Waals surface area contributed by atoms with E-state index in [0.717, 1.165) is 17.7 Å². The first-order chi connectivity index (χ1) is 15.9. The Kier molecular flexibility index (Phi) is 4.42. The van der Waals surface area contributed by atoms with Gasteiger partial charge in [0.2, 0.25) is 0 Å². The molecule has 2 aliphatic carbocycles. The third kappa shape index (κ3) is 2.63. The van der Waals surface area contributed by atoms with Crippen LogP contribution in [0.2, 0.25) is 0 Å².